The molecule has 0 radical (unpaired) electrons. The quantitative estimate of drug-likeness (QED) is 0.636. The van der Waals surface area contributed by atoms with Crippen molar-refractivity contribution >= 4 is 5.97 Å². The van der Waals surface area contributed by atoms with Gasteiger partial charge in [0.25, 0.3) is 0 Å². The average Bonchev–Trinajstić information content (AvgIpc) is 2.29. The lowest BCUT2D eigenvalue weighted by Gasteiger charge is -2.25. The van der Waals surface area contributed by atoms with Crippen LogP contribution in [-0.4, -0.2) is 48.3 Å². The summed E-state index contributed by atoms with van der Waals surface area (Å²) in [5, 5.41) is 8.40. The lowest BCUT2D eigenvalue weighted by molar-refractivity contribution is -0.138. The summed E-state index contributed by atoms with van der Waals surface area (Å²) in [6.07, 6.45) is 1.22. The van der Waals surface area contributed by atoms with Crippen LogP contribution in [0, 0.1) is 0 Å². The van der Waals surface area contributed by atoms with Crippen molar-refractivity contribution in [1.29, 1.82) is 0 Å². The van der Waals surface area contributed by atoms with E-state index in [0.29, 0.717) is 19.3 Å². The average molecular weight is 247 g/mol. The van der Waals surface area contributed by atoms with Crippen LogP contribution >= 0.6 is 0 Å². The standard InChI is InChI=1S/C11H23NO3.C2H6/c1-4-6-12(10(2)3)7-9-15-8-5-11(13)14;1-2/h10H,4-9H2,1-3H3,(H,13,14);1-2H3. The van der Waals surface area contributed by atoms with E-state index in [0.717, 1.165) is 19.5 Å². The molecule has 0 saturated heterocycles. The van der Waals surface area contributed by atoms with Crippen LogP contribution in [0.3, 0.4) is 0 Å². The first-order valence-electron chi connectivity index (χ1n) is 6.61. The fourth-order valence-electron chi connectivity index (χ4n) is 1.36. The first kappa shape index (κ1) is 18.7. The van der Waals surface area contributed by atoms with E-state index >= 15 is 0 Å². The van der Waals surface area contributed by atoms with Gasteiger partial charge in [-0.3, -0.25) is 9.69 Å². The van der Waals surface area contributed by atoms with Crippen molar-refractivity contribution in [1.82, 2.24) is 4.90 Å². The SMILES string of the molecule is CC.CCCN(CCOCCC(=O)O)C(C)C. The number of hydrogen-bond donors (Lipinski definition) is 1. The van der Waals surface area contributed by atoms with Crippen LogP contribution in [0.1, 0.15) is 47.5 Å². The molecule has 0 aliphatic carbocycles. The van der Waals surface area contributed by atoms with Gasteiger partial charge in [0.15, 0.2) is 0 Å². The Labute approximate surface area is 106 Å². The molecule has 0 aliphatic heterocycles. The van der Waals surface area contributed by atoms with Gasteiger partial charge in [0.05, 0.1) is 19.6 Å². The minimum Gasteiger partial charge on any atom is -0.481 e. The Hall–Kier alpha value is -0.610. The van der Waals surface area contributed by atoms with Crippen molar-refractivity contribution in [2.24, 2.45) is 0 Å². The summed E-state index contributed by atoms with van der Waals surface area (Å²) in [6, 6.07) is 0.521. The zero-order valence-corrected chi connectivity index (χ0v) is 12.0. The molecular weight excluding hydrogens is 218 g/mol. The van der Waals surface area contributed by atoms with Gasteiger partial charge in [0, 0.05) is 12.6 Å². The number of nitrogens with zero attached hydrogens (tertiary/aromatic N) is 1. The van der Waals surface area contributed by atoms with Crippen molar-refractivity contribution in [2.45, 2.75) is 53.5 Å². The third kappa shape index (κ3) is 13.3. The molecule has 0 aliphatic rings. The molecule has 0 bridgehead atoms. The van der Waals surface area contributed by atoms with Gasteiger partial charge in [-0.1, -0.05) is 20.8 Å². The van der Waals surface area contributed by atoms with Crippen molar-refractivity contribution in [3.63, 3.8) is 0 Å². The van der Waals surface area contributed by atoms with E-state index in [4.69, 9.17) is 9.84 Å². The third-order valence-electron chi connectivity index (χ3n) is 2.22. The second-order valence-corrected chi connectivity index (χ2v) is 3.89. The van der Waals surface area contributed by atoms with Crippen LogP contribution in [0.2, 0.25) is 0 Å². The summed E-state index contributed by atoms with van der Waals surface area (Å²) in [6.45, 7) is 13.4. The molecular formula is C13H29NO3. The number of carbonyl (C=O) groups is 1. The zero-order valence-electron chi connectivity index (χ0n) is 12.0. The number of hydrogen-bond acceptors (Lipinski definition) is 3. The minimum atomic E-state index is -0.802. The van der Waals surface area contributed by atoms with Gasteiger partial charge in [-0.05, 0) is 26.8 Å². The Balaban J connectivity index is 0. The lowest BCUT2D eigenvalue weighted by atomic mass is 10.3. The number of aliphatic carboxylic acids is 1. The Morgan fingerprint density at radius 2 is 1.82 bits per heavy atom. The van der Waals surface area contributed by atoms with E-state index in [1.54, 1.807) is 0 Å². The van der Waals surface area contributed by atoms with E-state index in [9.17, 15) is 4.79 Å². The van der Waals surface area contributed by atoms with Crippen LogP contribution < -0.4 is 0 Å². The normalized spacial score (nSPS) is 10.3. The first-order valence-corrected chi connectivity index (χ1v) is 6.61. The molecule has 4 heteroatoms. The van der Waals surface area contributed by atoms with E-state index in [2.05, 4.69) is 25.7 Å². The Bertz CT molecular complexity index is 172. The van der Waals surface area contributed by atoms with Crippen molar-refractivity contribution in [3.05, 3.63) is 0 Å². The number of carboxylic acid groups (broad SMARTS) is 1. The molecule has 0 amide bonds. The first-order chi connectivity index (χ1) is 8.07. The highest BCUT2D eigenvalue weighted by Crippen LogP contribution is 1.99. The Kier molecular flexibility index (Phi) is 14.8. The molecule has 17 heavy (non-hydrogen) atoms. The van der Waals surface area contributed by atoms with Crippen LogP contribution in [0.25, 0.3) is 0 Å². The number of carboxylic acids is 1. The van der Waals surface area contributed by atoms with Crippen LogP contribution in [-0.2, 0) is 9.53 Å². The molecule has 0 spiro atoms. The summed E-state index contributed by atoms with van der Waals surface area (Å²) in [7, 11) is 0. The molecule has 4 nitrogen and oxygen atoms in total. The molecule has 0 rings (SSSR count). The van der Waals surface area contributed by atoms with Gasteiger partial charge in [-0.15, -0.1) is 0 Å². The van der Waals surface area contributed by atoms with E-state index < -0.39 is 5.97 Å². The highest BCUT2D eigenvalue weighted by atomic mass is 16.5. The lowest BCUT2D eigenvalue weighted by Crippen LogP contribution is -2.34. The maximum Gasteiger partial charge on any atom is 0.305 e. The van der Waals surface area contributed by atoms with Gasteiger partial charge >= 0.3 is 5.97 Å². The molecule has 0 atom stereocenters. The van der Waals surface area contributed by atoms with Crippen LogP contribution in [0.4, 0.5) is 0 Å². The predicted molar refractivity (Wildman–Crippen MR) is 71.4 cm³/mol. The Morgan fingerprint density at radius 3 is 2.24 bits per heavy atom. The molecule has 0 aromatic heterocycles. The van der Waals surface area contributed by atoms with Crippen molar-refractivity contribution in [2.75, 3.05) is 26.3 Å². The van der Waals surface area contributed by atoms with Crippen molar-refractivity contribution in [3.8, 4) is 0 Å². The fraction of sp³-hybridized carbons (Fsp3) is 0.923. The third-order valence-corrected chi connectivity index (χ3v) is 2.22. The fourth-order valence-corrected chi connectivity index (χ4v) is 1.36. The summed E-state index contributed by atoms with van der Waals surface area (Å²) >= 11 is 0. The highest BCUT2D eigenvalue weighted by Gasteiger charge is 2.07. The van der Waals surface area contributed by atoms with E-state index in [-0.39, 0.29) is 6.42 Å². The van der Waals surface area contributed by atoms with E-state index in [1.807, 2.05) is 13.8 Å². The van der Waals surface area contributed by atoms with Gasteiger partial charge in [0.1, 0.15) is 0 Å². The monoisotopic (exact) mass is 247 g/mol. The van der Waals surface area contributed by atoms with Gasteiger partial charge in [0.2, 0.25) is 0 Å². The largest absolute Gasteiger partial charge is 0.481 e. The predicted octanol–water partition coefficient (Wildman–Crippen LogP) is 2.62. The Morgan fingerprint density at radius 1 is 1.24 bits per heavy atom. The topological polar surface area (TPSA) is 49.8 Å². The van der Waals surface area contributed by atoms with Crippen LogP contribution in [0.15, 0.2) is 0 Å². The van der Waals surface area contributed by atoms with Crippen LogP contribution in [0.5, 0.6) is 0 Å². The molecule has 0 fully saturated rings. The smallest absolute Gasteiger partial charge is 0.305 e. The van der Waals surface area contributed by atoms with Gasteiger partial charge in [-0.2, -0.15) is 0 Å². The number of rotatable bonds is 9. The molecule has 0 aromatic rings. The van der Waals surface area contributed by atoms with E-state index in [1.165, 1.54) is 0 Å². The van der Waals surface area contributed by atoms with Gasteiger partial charge in [-0.25, -0.2) is 0 Å². The second-order valence-electron chi connectivity index (χ2n) is 3.89. The molecule has 0 heterocycles. The zero-order chi connectivity index (χ0) is 13.7. The summed E-state index contributed by atoms with van der Waals surface area (Å²) < 4.78 is 5.25. The minimum absolute atomic E-state index is 0.0927. The second kappa shape index (κ2) is 13.5. The summed E-state index contributed by atoms with van der Waals surface area (Å²) in [4.78, 5) is 12.6. The molecule has 104 valence electrons. The highest BCUT2D eigenvalue weighted by molar-refractivity contribution is 5.66. The summed E-state index contributed by atoms with van der Waals surface area (Å²) in [5.41, 5.74) is 0. The number of ether oxygens (including phenoxy) is 1. The molecule has 0 saturated carbocycles. The maximum absolute atomic E-state index is 10.2. The van der Waals surface area contributed by atoms with Gasteiger partial charge < -0.3 is 9.84 Å². The van der Waals surface area contributed by atoms with Crippen molar-refractivity contribution < 1.29 is 14.6 Å². The molecule has 0 aromatic carbocycles. The molecule has 0 unspecified atom stereocenters. The maximum atomic E-state index is 10.2. The summed E-state index contributed by atoms with van der Waals surface area (Å²) in [5.74, 6) is -0.802. The molecule has 1 N–H and O–H groups in total.